The molecule has 0 radical (unpaired) electrons. The summed E-state index contributed by atoms with van der Waals surface area (Å²) in [4.78, 5) is 12.2. The number of amides is 1. The smallest absolute Gasteiger partial charge is 0.249 e. The van der Waals surface area contributed by atoms with Crippen LogP contribution in [0.5, 0.6) is 0 Å². The molecule has 0 bridgehead atoms. The van der Waals surface area contributed by atoms with E-state index in [0.29, 0.717) is 12.8 Å². The second-order valence-corrected chi connectivity index (χ2v) is 9.58. The number of nitrogens with one attached hydrogen (secondary N) is 1. The summed E-state index contributed by atoms with van der Waals surface area (Å²) >= 11 is 0. The van der Waals surface area contributed by atoms with Crippen LogP contribution in [0.1, 0.15) is 117 Å². The van der Waals surface area contributed by atoms with Crippen LogP contribution in [0, 0.1) is 0 Å². The van der Waals surface area contributed by atoms with Gasteiger partial charge in [-0.05, 0) is 64.2 Å². The largest absolute Gasteiger partial charge is 0.394 e. The van der Waals surface area contributed by atoms with Crippen molar-refractivity contribution in [1.29, 1.82) is 0 Å². The van der Waals surface area contributed by atoms with Crippen LogP contribution in [0.3, 0.4) is 0 Å². The summed E-state index contributed by atoms with van der Waals surface area (Å²) < 4.78 is 0. The number of allylic oxidation sites excluding steroid dienone is 7. The Morgan fingerprint density at radius 3 is 1.64 bits per heavy atom. The van der Waals surface area contributed by atoms with Crippen LogP contribution >= 0.6 is 0 Å². The maximum absolute atomic E-state index is 12.2. The van der Waals surface area contributed by atoms with Gasteiger partial charge in [0.15, 0.2) is 0 Å². The Hall–Kier alpha value is -1.69. The Morgan fingerprint density at radius 2 is 1.14 bits per heavy atom. The lowest BCUT2D eigenvalue weighted by atomic mass is 10.1. The predicted octanol–water partition coefficient (Wildman–Crippen LogP) is 6.69. The molecule has 0 fully saturated rings. The highest BCUT2D eigenvalue weighted by atomic mass is 16.3. The number of aliphatic hydroxyl groups is 3. The molecule has 0 aliphatic heterocycles. The Labute approximate surface area is 221 Å². The normalized spacial score (nSPS) is 14.9. The molecule has 0 rings (SSSR count). The van der Waals surface area contributed by atoms with E-state index in [4.69, 9.17) is 0 Å². The molecule has 0 aromatic rings. The molecule has 1 amide bonds. The number of carbonyl (C=O) groups excluding carboxylic acids is 1. The van der Waals surface area contributed by atoms with Gasteiger partial charge in [-0.2, -0.15) is 0 Å². The Morgan fingerprint density at radius 1 is 0.667 bits per heavy atom. The van der Waals surface area contributed by atoms with E-state index < -0.39 is 30.8 Å². The van der Waals surface area contributed by atoms with Crippen molar-refractivity contribution in [2.75, 3.05) is 6.61 Å². The maximum atomic E-state index is 12.2. The molecule has 0 saturated carbocycles. The predicted molar refractivity (Wildman–Crippen MR) is 153 cm³/mol. The lowest BCUT2D eigenvalue weighted by Crippen LogP contribution is -2.48. The van der Waals surface area contributed by atoms with Crippen LogP contribution in [0.15, 0.2) is 48.6 Å². The van der Waals surface area contributed by atoms with Crippen LogP contribution < -0.4 is 5.32 Å². The number of aliphatic hydroxyl groups excluding tert-OH is 3. The molecule has 0 aromatic heterocycles. The molecule has 0 aromatic carbocycles. The zero-order valence-electron chi connectivity index (χ0n) is 23.1. The summed E-state index contributed by atoms with van der Waals surface area (Å²) in [5.41, 5.74) is 0. The van der Waals surface area contributed by atoms with E-state index in [1.165, 1.54) is 57.8 Å². The molecule has 208 valence electrons. The van der Waals surface area contributed by atoms with Gasteiger partial charge in [0, 0.05) is 0 Å². The zero-order chi connectivity index (χ0) is 26.7. The van der Waals surface area contributed by atoms with Crippen molar-refractivity contribution < 1.29 is 20.1 Å². The first-order valence-corrected chi connectivity index (χ1v) is 14.5. The fourth-order valence-electron chi connectivity index (χ4n) is 3.74. The standard InChI is InChI=1S/C31H55NO4/c1-3-5-7-9-11-13-14-15-16-17-18-20-21-23-25-29(34)28(27-33)32-31(36)30(35)26-24-22-19-12-10-8-6-4-2/h13-14,17-19,22-23,25,28-30,33-35H,3-12,15-16,20-21,24,26-27H2,1-2H3,(H,32,36)/b14-13+,18-17+,22-19-,25-23+. The van der Waals surface area contributed by atoms with Gasteiger partial charge in [0.2, 0.25) is 5.91 Å². The van der Waals surface area contributed by atoms with Gasteiger partial charge in [0.1, 0.15) is 6.10 Å². The second-order valence-electron chi connectivity index (χ2n) is 9.58. The molecule has 5 nitrogen and oxygen atoms in total. The molecule has 4 N–H and O–H groups in total. The number of hydrogen-bond acceptors (Lipinski definition) is 4. The number of unbranched alkanes of at least 4 members (excludes halogenated alkanes) is 10. The van der Waals surface area contributed by atoms with Gasteiger partial charge < -0.3 is 20.6 Å². The quantitative estimate of drug-likeness (QED) is 0.0869. The van der Waals surface area contributed by atoms with E-state index in [1.807, 2.05) is 12.2 Å². The third-order valence-corrected chi connectivity index (χ3v) is 6.13. The van der Waals surface area contributed by atoms with E-state index in [9.17, 15) is 20.1 Å². The van der Waals surface area contributed by atoms with Crippen molar-refractivity contribution in [2.45, 2.75) is 135 Å². The molecular formula is C31H55NO4. The van der Waals surface area contributed by atoms with Crippen molar-refractivity contribution in [1.82, 2.24) is 5.32 Å². The molecule has 0 aliphatic rings. The molecular weight excluding hydrogens is 450 g/mol. The summed E-state index contributed by atoms with van der Waals surface area (Å²) in [6, 6.07) is -0.832. The Kier molecular flexibility index (Phi) is 25.1. The molecule has 36 heavy (non-hydrogen) atoms. The minimum Gasteiger partial charge on any atom is -0.394 e. The minimum atomic E-state index is -1.15. The SMILES string of the molecule is CCCCCC/C=C\CCC(O)C(=O)NC(CO)C(O)/C=C/CC/C=C/CC/C=C/CCCCCC. The third-order valence-electron chi connectivity index (χ3n) is 6.13. The highest BCUT2D eigenvalue weighted by Gasteiger charge is 2.22. The average Bonchev–Trinajstić information content (AvgIpc) is 2.88. The molecule has 0 spiro atoms. The van der Waals surface area contributed by atoms with Crippen molar-refractivity contribution >= 4 is 5.91 Å². The number of rotatable bonds is 24. The number of hydrogen-bond donors (Lipinski definition) is 4. The van der Waals surface area contributed by atoms with Gasteiger partial charge in [-0.15, -0.1) is 0 Å². The Bertz CT molecular complexity index is 612. The molecule has 0 heterocycles. The van der Waals surface area contributed by atoms with E-state index in [-0.39, 0.29) is 0 Å². The van der Waals surface area contributed by atoms with Gasteiger partial charge in [-0.3, -0.25) is 4.79 Å². The van der Waals surface area contributed by atoms with Crippen LogP contribution in [-0.4, -0.2) is 46.1 Å². The highest BCUT2D eigenvalue weighted by molar-refractivity contribution is 5.80. The van der Waals surface area contributed by atoms with Crippen LogP contribution in [0.25, 0.3) is 0 Å². The van der Waals surface area contributed by atoms with Crippen molar-refractivity contribution in [2.24, 2.45) is 0 Å². The topological polar surface area (TPSA) is 89.8 Å². The fraction of sp³-hybridized carbons (Fsp3) is 0.710. The first-order valence-electron chi connectivity index (χ1n) is 14.5. The summed E-state index contributed by atoms with van der Waals surface area (Å²) in [5.74, 6) is -0.559. The van der Waals surface area contributed by atoms with E-state index in [1.54, 1.807) is 6.08 Å². The Balaban J connectivity index is 4.02. The molecule has 3 unspecified atom stereocenters. The number of carbonyl (C=O) groups is 1. The maximum Gasteiger partial charge on any atom is 0.249 e. The second kappa shape index (κ2) is 26.4. The summed E-state index contributed by atoms with van der Waals surface area (Å²) in [7, 11) is 0. The van der Waals surface area contributed by atoms with E-state index >= 15 is 0 Å². The lowest BCUT2D eigenvalue weighted by Gasteiger charge is -2.21. The van der Waals surface area contributed by atoms with Crippen LogP contribution in [0.2, 0.25) is 0 Å². The van der Waals surface area contributed by atoms with Crippen molar-refractivity contribution in [3.05, 3.63) is 48.6 Å². The summed E-state index contributed by atoms with van der Waals surface area (Å²) in [5, 5.41) is 32.5. The van der Waals surface area contributed by atoms with Gasteiger partial charge in [-0.25, -0.2) is 0 Å². The van der Waals surface area contributed by atoms with Crippen molar-refractivity contribution in [3.63, 3.8) is 0 Å². The van der Waals surface area contributed by atoms with Gasteiger partial charge in [0.05, 0.1) is 18.8 Å². The average molecular weight is 506 g/mol. The molecule has 0 saturated heterocycles. The van der Waals surface area contributed by atoms with Gasteiger partial charge in [0.25, 0.3) is 0 Å². The lowest BCUT2D eigenvalue weighted by molar-refractivity contribution is -0.131. The van der Waals surface area contributed by atoms with Crippen LogP contribution in [0.4, 0.5) is 0 Å². The monoisotopic (exact) mass is 505 g/mol. The summed E-state index contributed by atoms with van der Waals surface area (Å²) in [6.07, 6.45) is 31.3. The first kappa shape index (κ1) is 34.3. The fourth-order valence-corrected chi connectivity index (χ4v) is 3.74. The van der Waals surface area contributed by atoms with E-state index in [2.05, 4.69) is 49.5 Å². The summed E-state index contributed by atoms with van der Waals surface area (Å²) in [6.45, 7) is 4.03. The molecule has 0 aliphatic carbocycles. The zero-order valence-corrected chi connectivity index (χ0v) is 23.1. The minimum absolute atomic E-state index is 0.322. The van der Waals surface area contributed by atoms with Crippen molar-refractivity contribution in [3.8, 4) is 0 Å². The van der Waals surface area contributed by atoms with Gasteiger partial charge >= 0.3 is 0 Å². The molecule has 5 heteroatoms. The first-order chi connectivity index (χ1) is 17.6. The highest BCUT2D eigenvalue weighted by Crippen LogP contribution is 2.07. The third kappa shape index (κ3) is 21.6. The van der Waals surface area contributed by atoms with Crippen LogP contribution in [-0.2, 0) is 4.79 Å². The van der Waals surface area contributed by atoms with Gasteiger partial charge in [-0.1, -0.05) is 101 Å². The molecule has 3 atom stereocenters. The van der Waals surface area contributed by atoms with E-state index in [0.717, 1.165) is 32.1 Å².